The molecule has 2 fully saturated rings. The molecule has 5 nitrogen and oxygen atoms in total. The van der Waals surface area contributed by atoms with E-state index in [-0.39, 0.29) is 17.2 Å². The number of likely N-dealkylation sites (tertiary alicyclic amines) is 1. The molecule has 108 valence electrons. The smallest absolute Gasteiger partial charge is 0.228 e. The average molecular weight is 293 g/mol. The number of rotatable bonds is 2. The van der Waals surface area contributed by atoms with Crippen LogP contribution in [-0.2, 0) is 16.0 Å². The predicted octanol–water partition coefficient (Wildman–Crippen LogP) is 1.12. The molecule has 0 unspecified atom stereocenters. The highest BCUT2D eigenvalue weighted by molar-refractivity contribution is 7.09. The molecular formula is C14H19N3O2S. The Morgan fingerprint density at radius 3 is 2.80 bits per heavy atom. The molecule has 0 bridgehead atoms. The van der Waals surface area contributed by atoms with E-state index in [1.807, 2.05) is 17.2 Å². The maximum absolute atomic E-state index is 12.3. The van der Waals surface area contributed by atoms with E-state index in [4.69, 9.17) is 0 Å². The summed E-state index contributed by atoms with van der Waals surface area (Å²) in [6.45, 7) is 4.25. The standard InChI is InChI=1S/C14H19N3O2S/c1-10-16-11(8-20-10)6-13(19)17-4-2-14(3-5-17)7-12(18)15-9-14/h8H,2-7,9H2,1H3,(H,15,18). The van der Waals surface area contributed by atoms with Crippen LogP contribution in [0.4, 0.5) is 0 Å². The van der Waals surface area contributed by atoms with Crippen LogP contribution >= 0.6 is 11.3 Å². The molecule has 2 saturated heterocycles. The monoisotopic (exact) mass is 293 g/mol. The zero-order valence-corrected chi connectivity index (χ0v) is 12.5. The first kappa shape index (κ1) is 13.5. The lowest BCUT2D eigenvalue weighted by atomic mass is 9.77. The lowest BCUT2D eigenvalue weighted by Gasteiger charge is -2.38. The van der Waals surface area contributed by atoms with Crippen LogP contribution in [0.25, 0.3) is 0 Å². The van der Waals surface area contributed by atoms with Crippen LogP contribution in [0.3, 0.4) is 0 Å². The van der Waals surface area contributed by atoms with Gasteiger partial charge in [0, 0.05) is 31.4 Å². The van der Waals surface area contributed by atoms with Crippen molar-refractivity contribution in [3.63, 3.8) is 0 Å². The summed E-state index contributed by atoms with van der Waals surface area (Å²) in [6, 6.07) is 0. The second-order valence-corrected chi connectivity index (χ2v) is 6.93. The second kappa shape index (κ2) is 5.16. The van der Waals surface area contributed by atoms with Crippen LogP contribution in [0, 0.1) is 12.3 Å². The van der Waals surface area contributed by atoms with Gasteiger partial charge >= 0.3 is 0 Å². The van der Waals surface area contributed by atoms with Gasteiger partial charge in [-0.15, -0.1) is 11.3 Å². The molecular weight excluding hydrogens is 274 g/mol. The minimum absolute atomic E-state index is 0.102. The minimum atomic E-state index is 0.102. The number of amides is 2. The Balaban J connectivity index is 1.55. The fourth-order valence-electron chi connectivity index (χ4n) is 3.09. The molecule has 0 radical (unpaired) electrons. The number of hydrogen-bond acceptors (Lipinski definition) is 4. The van der Waals surface area contributed by atoms with Crippen LogP contribution in [-0.4, -0.2) is 41.3 Å². The highest BCUT2D eigenvalue weighted by atomic mass is 32.1. The first-order valence-electron chi connectivity index (χ1n) is 7.02. The topological polar surface area (TPSA) is 62.3 Å². The van der Waals surface area contributed by atoms with Crippen LogP contribution < -0.4 is 5.32 Å². The molecule has 0 aliphatic carbocycles. The van der Waals surface area contributed by atoms with Gasteiger partial charge < -0.3 is 10.2 Å². The number of nitrogens with zero attached hydrogens (tertiary/aromatic N) is 2. The van der Waals surface area contributed by atoms with Gasteiger partial charge in [0.15, 0.2) is 0 Å². The molecule has 20 heavy (non-hydrogen) atoms. The van der Waals surface area contributed by atoms with E-state index < -0.39 is 0 Å². The molecule has 2 amide bonds. The van der Waals surface area contributed by atoms with Crippen molar-refractivity contribution in [3.8, 4) is 0 Å². The van der Waals surface area contributed by atoms with Crippen molar-refractivity contribution in [1.29, 1.82) is 0 Å². The summed E-state index contributed by atoms with van der Waals surface area (Å²) in [7, 11) is 0. The maximum atomic E-state index is 12.3. The number of aryl methyl sites for hydroxylation is 1. The third-order valence-corrected chi connectivity index (χ3v) is 5.19. The summed E-state index contributed by atoms with van der Waals surface area (Å²) in [5.41, 5.74) is 0.973. The Morgan fingerprint density at radius 1 is 1.50 bits per heavy atom. The van der Waals surface area contributed by atoms with E-state index in [9.17, 15) is 9.59 Å². The highest BCUT2D eigenvalue weighted by Gasteiger charge is 2.41. The summed E-state index contributed by atoms with van der Waals surface area (Å²) in [5.74, 6) is 0.310. The summed E-state index contributed by atoms with van der Waals surface area (Å²) < 4.78 is 0. The quantitative estimate of drug-likeness (QED) is 0.889. The van der Waals surface area contributed by atoms with Crippen LogP contribution in [0.5, 0.6) is 0 Å². The third-order valence-electron chi connectivity index (χ3n) is 4.37. The van der Waals surface area contributed by atoms with Gasteiger partial charge in [0.2, 0.25) is 11.8 Å². The number of piperidine rings is 1. The number of carbonyl (C=O) groups is 2. The fourth-order valence-corrected chi connectivity index (χ4v) is 3.70. The third kappa shape index (κ3) is 2.70. The molecule has 2 aliphatic rings. The van der Waals surface area contributed by atoms with E-state index in [0.29, 0.717) is 12.8 Å². The van der Waals surface area contributed by atoms with Gasteiger partial charge in [0.05, 0.1) is 17.1 Å². The Labute approximate surface area is 122 Å². The Morgan fingerprint density at radius 2 is 2.25 bits per heavy atom. The lowest BCUT2D eigenvalue weighted by Crippen LogP contribution is -2.44. The summed E-state index contributed by atoms with van der Waals surface area (Å²) in [4.78, 5) is 29.9. The molecule has 1 aromatic rings. The molecule has 0 aromatic carbocycles. The SMILES string of the molecule is Cc1nc(CC(=O)N2CCC3(CC2)CNC(=O)C3)cs1. The van der Waals surface area contributed by atoms with Crippen molar-refractivity contribution < 1.29 is 9.59 Å². The van der Waals surface area contributed by atoms with Crippen molar-refractivity contribution in [2.75, 3.05) is 19.6 Å². The van der Waals surface area contributed by atoms with Gasteiger partial charge in [-0.05, 0) is 25.2 Å². The van der Waals surface area contributed by atoms with Crippen molar-refractivity contribution in [1.82, 2.24) is 15.2 Å². The van der Waals surface area contributed by atoms with Gasteiger partial charge in [-0.1, -0.05) is 0 Å². The van der Waals surface area contributed by atoms with Gasteiger partial charge in [0.25, 0.3) is 0 Å². The summed E-state index contributed by atoms with van der Waals surface area (Å²) in [5, 5.41) is 5.87. The van der Waals surface area contributed by atoms with Gasteiger partial charge in [-0.25, -0.2) is 4.98 Å². The molecule has 3 rings (SSSR count). The Hall–Kier alpha value is -1.43. The van der Waals surface area contributed by atoms with Crippen LogP contribution in [0.2, 0.25) is 0 Å². The highest BCUT2D eigenvalue weighted by Crippen LogP contribution is 2.37. The number of aromatic nitrogens is 1. The molecule has 1 spiro atoms. The van der Waals surface area contributed by atoms with E-state index >= 15 is 0 Å². The first-order valence-corrected chi connectivity index (χ1v) is 7.90. The molecule has 2 aliphatic heterocycles. The lowest BCUT2D eigenvalue weighted by molar-refractivity contribution is -0.132. The van der Waals surface area contributed by atoms with E-state index in [0.717, 1.165) is 43.2 Å². The van der Waals surface area contributed by atoms with E-state index in [1.54, 1.807) is 11.3 Å². The molecule has 0 atom stereocenters. The van der Waals surface area contributed by atoms with Crippen molar-refractivity contribution >= 4 is 23.2 Å². The van der Waals surface area contributed by atoms with Crippen molar-refractivity contribution in [3.05, 3.63) is 16.1 Å². The number of hydrogen-bond donors (Lipinski definition) is 1. The summed E-state index contributed by atoms with van der Waals surface area (Å²) >= 11 is 1.58. The number of thiazole rings is 1. The van der Waals surface area contributed by atoms with E-state index in [1.165, 1.54) is 0 Å². The molecule has 0 saturated carbocycles. The maximum Gasteiger partial charge on any atom is 0.228 e. The normalized spacial score (nSPS) is 21.2. The molecule has 6 heteroatoms. The Bertz CT molecular complexity index is 532. The van der Waals surface area contributed by atoms with Gasteiger partial charge in [0.1, 0.15) is 0 Å². The van der Waals surface area contributed by atoms with Gasteiger partial charge in [-0.2, -0.15) is 0 Å². The van der Waals surface area contributed by atoms with Crippen LogP contribution in [0.15, 0.2) is 5.38 Å². The molecule has 3 heterocycles. The zero-order chi connectivity index (χ0) is 14.2. The summed E-state index contributed by atoms with van der Waals surface area (Å²) in [6.07, 6.45) is 2.87. The van der Waals surface area contributed by atoms with E-state index in [2.05, 4.69) is 10.3 Å². The molecule has 1 N–H and O–H groups in total. The number of carbonyl (C=O) groups excluding carboxylic acids is 2. The number of nitrogens with one attached hydrogen (secondary N) is 1. The fraction of sp³-hybridized carbons (Fsp3) is 0.643. The second-order valence-electron chi connectivity index (χ2n) is 5.87. The minimum Gasteiger partial charge on any atom is -0.356 e. The average Bonchev–Trinajstić information content (AvgIpc) is 2.97. The van der Waals surface area contributed by atoms with Crippen LogP contribution in [0.1, 0.15) is 30.0 Å². The molecule has 1 aromatic heterocycles. The largest absolute Gasteiger partial charge is 0.356 e. The predicted molar refractivity (Wildman–Crippen MR) is 76.4 cm³/mol. The van der Waals surface area contributed by atoms with Crippen molar-refractivity contribution in [2.45, 2.75) is 32.6 Å². The van der Waals surface area contributed by atoms with Crippen molar-refractivity contribution in [2.24, 2.45) is 5.41 Å². The first-order chi connectivity index (χ1) is 9.56. The Kier molecular flexibility index (Phi) is 3.50. The van der Waals surface area contributed by atoms with Gasteiger partial charge in [-0.3, -0.25) is 9.59 Å². The zero-order valence-electron chi connectivity index (χ0n) is 11.6.